The molecule has 1 amide bonds. The zero-order valence-corrected chi connectivity index (χ0v) is 17.7. The number of halogens is 3. The molecule has 0 radical (unpaired) electrons. The van der Waals surface area contributed by atoms with Crippen LogP contribution in [0.15, 0.2) is 29.3 Å². The molecule has 2 rings (SSSR count). The van der Waals surface area contributed by atoms with Gasteiger partial charge in [0.1, 0.15) is 11.6 Å². The quantitative estimate of drug-likeness (QED) is 0.402. The Morgan fingerprint density at radius 1 is 1.26 bits per heavy atom. The second kappa shape index (κ2) is 10.3. The maximum Gasteiger partial charge on any atom is 0.416 e. The lowest BCUT2D eigenvalue weighted by Gasteiger charge is -2.14. The van der Waals surface area contributed by atoms with Crippen LogP contribution < -0.4 is 11.1 Å². The van der Waals surface area contributed by atoms with E-state index in [0.29, 0.717) is 30.5 Å². The van der Waals surface area contributed by atoms with E-state index in [9.17, 15) is 23.1 Å². The molecule has 0 aliphatic rings. The summed E-state index contributed by atoms with van der Waals surface area (Å²) in [5, 5.41) is 12.8. The summed E-state index contributed by atoms with van der Waals surface area (Å²) < 4.78 is 38.8. The minimum absolute atomic E-state index is 0.118. The summed E-state index contributed by atoms with van der Waals surface area (Å²) in [6.07, 6.45) is -0.621. The van der Waals surface area contributed by atoms with Crippen LogP contribution in [0.1, 0.15) is 43.4 Å². The SMILES string of the molecule is Cc1cc(C(F)(F)F)cc(O)c1-c1ccc(C=NC(CCC(C)C)CNC=O)c(N)n1. The number of aliphatic imine (C=N–C) groups is 1. The van der Waals surface area contributed by atoms with E-state index in [4.69, 9.17) is 5.73 Å². The highest BCUT2D eigenvalue weighted by Crippen LogP contribution is 2.38. The van der Waals surface area contributed by atoms with Crippen LogP contribution in [0.4, 0.5) is 19.0 Å². The van der Waals surface area contributed by atoms with Gasteiger partial charge in [-0.25, -0.2) is 4.98 Å². The van der Waals surface area contributed by atoms with Gasteiger partial charge in [-0.05, 0) is 55.5 Å². The number of pyridine rings is 1. The third kappa shape index (κ3) is 6.70. The molecule has 0 spiro atoms. The van der Waals surface area contributed by atoms with Gasteiger partial charge in [0, 0.05) is 23.9 Å². The van der Waals surface area contributed by atoms with Crippen LogP contribution in [0.2, 0.25) is 0 Å². The number of amides is 1. The number of phenolic OH excluding ortho intramolecular Hbond substituents is 1. The molecule has 9 heteroatoms. The van der Waals surface area contributed by atoms with E-state index in [-0.39, 0.29) is 28.7 Å². The molecule has 4 N–H and O–H groups in total. The van der Waals surface area contributed by atoms with Gasteiger partial charge in [0.25, 0.3) is 0 Å². The van der Waals surface area contributed by atoms with Crippen LogP contribution in [0.25, 0.3) is 11.3 Å². The highest BCUT2D eigenvalue weighted by atomic mass is 19.4. The van der Waals surface area contributed by atoms with Crippen LogP contribution in [0.5, 0.6) is 5.75 Å². The highest BCUT2D eigenvalue weighted by molar-refractivity contribution is 5.87. The number of nitrogen functional groups attached to an aromatic ring is 1. The second-order valence-corrected chi connectivity index (χ2v) is 7.79. The fourth-order valence-electron chi connectivity index (χ4n) is 3.12. The van der Waals surface area contributed by atoms with Gasteiger partial charge in [0.2, 0.25) is 6.41 Å². The molecule has 6 nitrogen and oxygen atoms in total. The Labute approximate surface area is 179 Å². The molecular formula is C22H27F3N4O2. The molecule has 31 heavy (non-hydrogen) atoms. The fourth-order valence-corrected chi connectivity index (χ4v) is 3.12. The largest absolute Gasteiger partial charge is 0.507 e. The number of nitrogens with one attached hydrogen (secondary N) is 1. The van der Waals surface area contributed by atoms with Gasteiger partial charge in [0.15, 0.2) is 0 Å². The van der Waals surface area contributed by atoms with Crippen molar-refractivity contribution in [2.24, 2.45) is 10.9 Å². The zero-order valence-electron chi connectivity index (χ0n) is 17.7. The van der Waals surface area contributed by atoms with Crippen LogP contribution in [0.3, 0.4) is 0 Å². The lowest BCUT2D eigenvalue weighted by molar-refractivity contribution is -0.137. The lowest BCUT2D eigenvalue weighted by Crippen LogP contribution is -2.25. The lowest BCUT2D eigenvalue weighted by atomic mass is 10.00. The molecule has 2 aromatic rings. The molecule has 0 bridgehead atoms. The number of aryl methyl sites for hydroxylation is 1. The Balaban J connectivity index is 2.28. The third-order valence-corrected chi connectivity index (χ3v) is 4.79. The molecule has 0 fully saturated rings. The van der Waals surface area contributed by atoms with E-state index < -0.39 is 17.5 Å². The summed E-state index contributed by atoms with van der Waals surface area (Å²) in [5.74, 6) is 0.111. The number of hydrogen-bond donors (Lipinski definition) is 3. The second-order valence-electron chi connectivity index (χ2n) is 7.79. The average molecular weight is 436 g/mol. The first-order valence-electron chi connectivity index (χ1n) is 9.90. The zero-order chi connectivity index (χ0) is 23.2. The van der Waals surface area contributed by atoms with E-state index in [1.165, 1.54) is 6.92 Å². The summed E-state index contributed by atoms with van der Waals surface area (Å²) in [6, 6.07) is 4.73. The molecule has 1 heterocycles. The predicted octanol–water partition coefficient (Wildman–Crippen LogP) is 4.33. The number of hydrogen-bond acceptors (Lipinski definition) is 5. The molecule has 1 unspecified atom stereocenters. The number of anilines is 1. The summed E-state index contributed by atoms with van der Waals surface area (Å²) in [5.41, 5.74) is 6.32. The number of benzene rings is 1. The van der Waals surface area contributed by atoms with Gasteiger partial charge in [-0.3, -0.25) is 9.79 Å². The minimum atomic E-state index is -4.56. The summed E-state index contributed by atoms with van der Waals surface area (Å²) in [7, 11) is 0. The molecule has 1 aromatic carbocycles. The van der Waals surface area contributed by atoms with Crippen molar-refractivity contribution in [2.75, 3.05) is 12.3 Å². The van der Waals surface area contributed by atoms with Crippen molar-refractivity contribution >= 4 is 18.4 Å². The number of alkyl halides is 3. The summed E-state index contributed by atoms with van der Waals surface area (Å²) in [4.78, 5) is 19.3. The van der Waals surface area contributed by atoms with Crippen LogP contribution >= 0.6 is 0 Å². The fraction of sp³-hybridized carbons (Fsp3) is 0.409. The third-order valence-electron chi connectivity index (χ3n) is 4.79. The minimum Gasteiger partial charge on any atom is -0.507 e. The van der Waals surface area contributed by atoms with Crippen LogP contribution in [-0.2, 0) is 11.0 Å². The first-order chi connectivity index (χ1) is 14.5. The number of nitrogens with two attached hydrogens (primary N) is 1. The Morgan fingerprint density at radius 3 is 2.52 bits per heavy atom. The normalized spacial score (nSPS) is 13.0. The van der Waals surface area contributed by atoms with Crippen molar-refractivity contribution in [1.82, 2.24) is 10.3 Å². The molecule has 0 aliphatic carbocycles. The van der Waals surface area contributed by atoms with Crippen LogP contribution in [0, 0.1) is 12.8 Å². The number of carbonyl (C=O) groups excluding carboxylic acids is 1. The van der Waals surface area contributed by atoms with E-state index in [0.717, 1.165) is 18.9 Å². The van der Waals surface area contributed by atoms with Crippen molar-refractivity contribution in [3.05, 3.63) is 41.0 Å². The van der Waals surface area contributed by atoms with Gasteiger partial charge in [-0.1, -0.05) is 13.8 Å². The number of nitrogens with zero attached hydrogens (tertiary/aromatic N) is 2. The summed E-state index contributed by atoms with van der Waals surface area (Å²) in [6.45, 7) is 6.08. The van der Waals surface area contributed by atoms with Gasteiger partial charge in [-0.2, -0.15) is 13.2 Å². The predicted molar refractivity (Wildman–Crippen MR) is 115 cm³/mol. The molecule has 1 aromatic heterocycles. The van der Waals surface area contributed by atoms with Crippen molar-refractivity contribution in [1.29, 1.82) is 0 Å². The number of carbonyl (C=O) groups is 1. The molecule has 168 valence electrons. The smallest absolute Gasteiger partial charge is 0.416 e. The van der Waals surface area contributed by atoms with Gasteiger partial charge >= 0.3 is 6.18 Å². The Bertz CT molecular complexity index is 920. The molecule has 0 saturated heterocycles. The molecule has 0 saturated carbocycles. The molecular weight excluding hydrogens is 409 g/mol. The number of phenols is 1. The van der Waals surface area contributed by atoms with Crippen LogP contribution in [-0.4, -0.2) is 35.3 Å². The number of aromatic hydroxyl groups is 1. The number of rotatable bonds is 9. The van der Waals surface area contributed by atoms with Gasteiger partial charge < -0.3 is 16.2 Å². The van der Waals surface area contributed by atoms with Gasteiger partial charge in [-0.15, -0.1) is 0 Å². The van der Waals surface area contributed by atoms with Crippen molar-refractivity contribution in [3.8, 4) is 17.0 Å². The number of aromatic nitrogens is 1. The maximum absolute atomic E-state index is 12.9. The monoisotopic (exact) mass is 436 g/mol. The first-order valence-corrected chi connectivity index (χ1v) is 9.90. The Kier molecular flexibility index (Phi) is 8.01. The average Bonchev–Trinajstić information content (AvgIpc) is 2.67. The summed E-state index contributed by atoms with van der Waals surface area (Å²) >= 11 is 0. The Hall–Kier alpha value is -3.10. The van der Waals surface area contributed by atoms with Crippen molar-refractivity contribution < 1.29 is 23.1 Å². The van der Waals surface area contributed by atoms with Crippen molar-refractivity contribution in [3.63, 3.8) is 0 Å². The molecule has 1 atom stereocenters. The van der Waals surface area contributed by atoms with E-state index in [2.05, 4.69) is 29.1 Å². The van der Waals surface area contributed by atoms with E-state index >= 15 is 0 Å². The Morgan fingerprint density at radius 2 is 1.97 bits per heavy atom. The first kappa shape index (κ1) is 24.2. The maximum atomic E-state index is 12.9. The van der Waals surface area contributed by atoms with E-state index in [1.54, 1.807) is 18.3 Å². The molecule has 0 aliphatic heterocycles. The van der Waals surface area contributed by atoms with E-state index in [1.807, 2.05) is 0 Å². The van der Waals surface area contributed by atoms with Crippen molar-refractivity contribution in [2.45, 2.75) is 45.8 Å². The van der Waals surface area contributed by atoms with Gasteiger partial charge in [0.05, 0.1) is 17.3 Å². The standard InChI is InChI=1S/C22H27F3N4O2/c1-13(2)4-6-17(11-27-12-30)28-10-15-5-7-18(29-21(15)26)20-14(3)8-16(9-19(20)31)22(23,24)25/h5,7-10,12-13,17,31H,4,6,11H2,1-3H3,(H2,26,29)(H,27,30). The highest BCUT2D eigenvalue weighted by Gasteiger charge is 2.32. The topological polar surface area (TPSA) is 101 Å².